The van der Waals surface area contributed by atoms with E-state index in [1.165, 1.54) is 83.2 Å². The van der Waals surface area contributed by atoms with Crippen LogP contribution in [0.3, 0.4) is 0 Å². The van der Waals surface area contributed by atoms with E-state index in [1.54, 1.807) is 0 Å². The first-order chi connectivity index (χ1) is 10.4. The minimum atomic E-state index is 0.633. The first-order valence-corrected chi connectivity index (χ1v) is 8.95. The standard InChI is InChI=1S/C19H30N2/c1-4-10-18(11-5-1)19(21-15-8-3-9-16-21)12-17-20-13-6-2-7-14-20/h1,4-5,10-11,19H,2-3,6-9,12-17H2. The highest BCUT2D eigenvalue weighted by atomic mass is 15.2. The SMILES string of the molecule is c1ccc(C(CCN2CCCCC2)N2CCCCC2)cc1. The number of likely N-dealkylation sites (tertiary alicyclic amines) is 2. The third-order valence-electron chi connectivity index (χ3n) is 5.18. The van der Waals surface area contributed by atoms with Gasteiger partial charge in [-0.15, -0.1) is 0 Å². The van der Waals surface area contributed by atoms with E-state index in [9.17, 15) is 0 Å². The van der Waals surface area contributed by atoms with Crippen LogP contribution in [0.2, 0.25) is 0 Å². The van der Waals surface area contributed by atoms with Gasteiger partial charge in [-0.3, -0.25) is 4.90 Å². The van der Waals surface area contributed by atoms with Gasteiger partial charge in [0.1, 0.15) is 0 Å². The van der Waals surface area contributed by atoms with E-state index in [-0.39, 0.29) is 0 Å². The first kappa shape index (κ1) is 15.1. The van der Waals surface area contributed by atoms with Crippen molar-refractivity contribution in [2.24, 2.45) is 0 Å². The number of hydrogen-bond donors (Lipinski definition) is 0. The van der Waals surface area contributed by atoms with E-state index in [2.05, 4.69) is 40.1 Å². The summed E-state index contributed by atoms with van der Waals surface area (Å²) in [5, 5.41) is 0. The van der Waals surface area contributed by atoms with Gasteiger partial charge in [0.25, 0.3) is 0 Å². The zero-order valence-electron chi connectivity index (χ0n) is 13.3. The van der Waals surface area contributed by atoms with Gasteiger partial charge >= 0.3 is 0 Å². The highest BCUT2D eigenvalue weighted by Gasteiger charge is 2.23. The van der Waals surface area contributed by atoms with Crippen LogP contribution in [0.1, 0.15) is 56.6 Å². The maximum Gasteiger partial charge on any atom is 0.0360 e. The molecule has 3 rings (SSSR count). The minimum absolute atomic E-state index is 0.633. The van der Waals surface area contributed by atoms with Gasteiger partial charge in [0, 0.05) is 6.04 Å². The summed E-state index contributed by atoms with van der Waals surface area (Å²) in [5.41, 5.74) is 1.52. The summed E-state index contributed by atoms with van der Waals surface area (Å²) in [5.74, 6) is 0. The van der Waals surface area contributed by atoms with E-state index in [1.807, 2.05) is 0 Å². The molecule has 0 aromatic heterocycles. The smallest absolute Gasteiger partial charge is 0.0360 e. The van der Waals surface area contributed by atoms with Gasteiger partial charge < -0.3 is 4.90 Å². The van der Waals surface area contributed by atoms with Crippen molar-refractivity contribution >= 4 is 0 Å². The summed E-state index contributed by atoms with van der Waals surface area (Å²) >= 11 is 0. The second kappa shape index (κ2) is 7.95. The van der Waals surface area contributed by atoms with E-state index in [4.69, 9.17) is 0 Å². The molecule has 0 amide bonds. The molecule has 0 aliphatic carbocycles. The molecule has 2 fully saturated rings. The van der Waals surface area contributed by atoms with Gasteiger partial charge in [-0.25, -0.2) is 0 Å². The van der Waals surface area contributed by atoms with Crippen molar-refractivity contribution < 1.29 is 0 Å². The van der Waals surface area contributed by atoms with Gasteiger partial charge in [-0.2, -0.15) is 0 Å². The van der Waals surface area contributed by atoms with Crippen LogP contribution in [0, 0.1) is 0 Å². The Morgan fingerprint density at radius 1 is 0.762 bits per heavy atom. The summed E-state index contributed by atoms with van der Waals surface area (Å²) in [6.07, 6.45) is 9.72. The summed E-state index contributed by atoms with van der Waals surface area (Å²) in [6, 6.07) is 11.8. The molecular formula is C19H30N2. The lowest BCUT2D eigenvalue weighted by molar-refractivity contribution is 0.133. The molecule has 2 aliphatic heterocycles. The molecule has 1 atom stereocenters. The third-order valence-corrected chi connectivity index (χ3v) is 5.18. The number of nitrogens with zero attached hydrogens (tertiary/aromatic N) is 2. The van der Waals surface area contributed by atoms with Crippen LogP contribution in [-0.2, 0) is 0 Å². The molecule has 1 aromatic carbocycles. The number of benzene rings is 1. The lowest BCUT2D eigenvalue weighted by Crippen LogP contribution is -2.37. The zero-order valence-corrected chi connectivity index (χ0v) is 13.3. The molecule has 0 bridgehead atoms. The number of hydrogen-bond acceptors (Lipinski definition) is 2. The normalized spacial score (nSPS) is 23.0. The molecular weight excluding hydrogens is 256 g/mol. The van der Waals surface area contributed by atoms with Crippen LogP contribution < -0.4 is 0 Å². The van der Waals surface area contributed by atoms with Crippen molar-refractivity contribution in [2.45, 2.75) is 51.0 Å². The summed E-state index contributed by atoms with van der Waals surface area (Å²) in [6.45, 7) is 6.50. The van der Waals surface area contributed by atoms with E-state index < -0.39 is 0 Å². The molecule has 0 saturated carbocycles. The van der Waals surface area contributed by atoms with Crippen molar-refractivity contribution in [1.82, 2.24) is 9.80 Å². The van der Waals surface area contributed by atoms with Gasteiger partial charge in [-0.05, 0) is 70.4 Å². The summed E-state index contributed by atoms with van der Waals surface area (Å²) in [7, 11) is 0. The Balaban J connectivity index is 1.63. The predicted molar refractivity (Wildman–Crippen MR) is 89.5 cm³/mol. The van der Waals surface area contributed by atoms with Crippen molar-refractivity contribution in [3.63, 3.8) is 0 Å². The van der Waals surface area contributed by atoms with Crippen molar-refractivity contribution in [3.05, 3.63) is 35.9 Å². The molecule has 116 valence electrons. The third kappa shape index (κ3) is 4.31. The Kier molecular flexibility index (Phi) is 5.70. The molecule has 1 aromatic rings. The molecule has 2 saturated heterocycles. The minimum Gasteiger partial charge on any atom is -0.303 e. The first-order valence-electron chi connectivity index (χ1n) is 8.95. The second-order valence-corrected chi connectivity index (χ2v) is 6.71. The van der Waals surface area contributed by atoms with Gasteiger partial charge in [-0.1, -0.05) is 43.2 Å². The molecule has 2 aliphatic rings. The molecule has 2 nitrogen and oxygen atoms in total. The Labute approximate surface area is 130 Å². The topological polar surface area (TPSA) is 6.48 Å². The van der Waals surface area contributed by atoms with Crippen LogP contribution in [0.4, 0.5) is 0 Å². The second-order valence-electron chi connectivity index (χ2n) is 6.71. The Bertz CT molecular complexity index is 391. The molecule has 2 heterocycles. The number of rotatable bonds is 5. The maximum atomic E-state index is 2.74. The number of piperidine rings is 2. The van der Waals surface area contributed by atoms with Crippen molar-refractivity contribution in [2.75, 3.05) is 32.7 Å². The molecule has 0 radical (unpaired) electrons. The molecule has 0 spiro atoms. The van der Waals surface area contributed by atoms with Crippen LogP contribution in [0.15, 0.2) is 30.3 Å². The predicted octanol–water partition coefficient (Wildman–Crippen LogP) is 4.09. The quantitative estimate of drug-likeness (QED) is 0.804. The largest absolute Gasteiger partial charge is 0.303 e. The van der Waals surface area contributed by atoms with Gasteiger partial charge in [0.05, 0.1) is 0 Å². The zero-order chi connectivity index (χ0) is 14.3. The van der Waals surface area contributed by atoms with Crippen LogP contribution in [0.25, 0.3) is 0 Å². The van der Waals surface area contributed by atoms with Crippen molar-refractivity contribution in [1.29, 1.82) is 0 Å². The lowest BCUT2D eigenvalue weighted by Gasteiger charge is -2.36. The lowest BCUT2D eigenvalue weighted by atomic mass is 9.98. The van der Waals surface area contributed by atoms with Crippen LogP contribution in [-0.4, -0.2) is 42.5 Å². The van der Waals surface area contributed by atoms with Gasteiger partial charge in [0.15, 0.2) is 0 Å². The Hall–Kier alpha value is -0.860. The molecule has 21 heavy (non-hydrogen) atoms. The Morgan fingerprint density at radius 3 is 2.05 bits per heavy atom. The van der Waals surface area contributed by atoms with E-state index in [0.717, 1.165) is 0 Å². The maximum absolute atomic E-state index is 2.74. The monoisotopic (exact) mass is 286 g/mol. The Morgan fingerprint density at radius 2 is 1.38 bits per heavy atom. The molecule has 0 N–H and O–H groups in total. The fourth-order valence-electron chi connectivity index (χ4n) is 3.95. The van der Waals surface area contributed by atoms with Gasteiger partial charge in [0.2, 0.25) is 0 Å². The fraction of sp³-hybridized carbons (Fsp3) is 0.684. The van der Waals surface area contributed by atoms with Crippen molar-refractivity contribution in [3.8, 4) is 0 Å². The highest BCUT2D eigenvalue weighted by molar-refractivity contribution is 5.19. The van der Waals surface area contributed by atoms with Crippen LogP contribution in [0.5, 0.6) is 0 Å². The molecule has 2 heteroatoms. The average molecular weight is 286 g/mol. The van der Waals surface area contributed by atoms with Crippen LogP contribution >= 0.6 is 0 Å². The summed E-state index contributed by atoms with van der Waals surface area (Å²) in [4.78, 5) is 5.42. The van der Waals surface area contributed by atoms with E-state index in [0.29, 0.717) is 6.04 Å². The highest BCUT2D eigenvalue weighted by Crippen LogP contribution is 2.28. The van der Waals surface area contributed by atoms with E-state index >= 15 is 0 Å². The average Bonchev–Trinajstić information content (AvgIpc) is 2.58. The summed E-state index contributed by atoms with van der Waals surface area (Å²) < 4.78 is 0. The fourth-order valence-corrected chi connectivity index (χ4v) is 3.95. The molecule has 1 unspecified atom stereocenters.